The van der Waals surface area contributed by atoms with Gasteiger partial charge in [0.2, 0.25) is 0 Å². The first-order valence-corrected chi connectivity index (χ1v) is 7.22. The van der Waals surface area contributed by atoms with E-state index in [-0.39, 0.29) is 0 Å². The number of benzene rings is 2. The highest BCUT2D eigenvalue weighted by molar-refractivity contribution is 9.10. The molecule has 1 N–H and O–H groups in total. The molecule has 3 heteroatoms. The number of ether oxygens (including phenoxy) is 1. The van der Waals surface area contributed by atoms with Crippen LogP contribution in [-0.4, -0.2) is 13.2 Å². The molecule has 2 nitrogen and oxygen atoms in total. The molecule has 0 bridgehead atoms. The molecule has 0 aliphatic rings. The molecule has 0 fully saturated rings. The van der Waals surface area contributed by atoms with Gasteiger partial charge in [-0.3, -0.25) is 0 Å². The fourth-order valence-electron chi connectivity index (χ4n) is 1.85. The van der Waals surface area contributed by atoms with Crippen LogP contribution in [0.5, 0.6) is 5.75 Å². The molecule has 0 aliphatic carbocycles. The summed E-state index contributed by atoms with van der Waals surface area (Å²) in [5.41, 5.74) is 2.39. The molecular weight excluding hydrogens is 302 g/mol. The quantitative estimate of drug-likeness (QED) is 0.783. The highest BCUT2D eigenvalue weighted by Crippen LogP contribution is 2.19. The van der Waals surface area contributed by atoms with Crippen molar-refractivity contribution < 1.29 is 4.74 Å². The molecule has 0 saturated heterocycles. The number of rotatable bonds is 6. The first kappa shape index (κ1) is 13.9. The van der Waals surface area contributed by atoms with Gasteiger partial charge in [-0.25, -0.2) is 0 Å². The lowest BCUT2D eigenvalue weighted by Gasteiger charge is -2.09. The lowest BCUT2D eigenvalue weighted by Crippen LogP contribution is -2.07. The predicted octanol–water partition coefficient (Wildman–Crippen LogP) is 4.64. The van der Waals surface area contributed by atoms with E-state index in [0.717, 1.165) is 35.5 Å². The zero-order chi connectivity index (χ0) is 13.5. The summed E-state index contributed by atoms with van der Waals surface area (Å²) in [5, 5.41) is 3.40. The molecular formula is C16H18BrNO. The summed E-state index contributed by atoms with van der Waals surface area (Å²) in [4.78, 5) is 0. The standard InChI is InChI=1S/C16H18BrNO/c1-13-10-14(17)12-15(11-13)18-8-5-9-19-16-6-3-2-4-7-16/h2-4,6-7,10-12,18H,5,8-9H2,1H3. The third-order valence-electron chi connectivity index (χ3n) is 2.70. The monoisotopic (exact) mass is 319 g/mol. The van der Waals surface area contributed by atoms with Crippen LogP contribution in [0.1, 0.15) is 12.0 Å². The van der Waals surface area contributed by atoms with Crippen LogP contribution in [0.3, 0.4) is 0 Å². The first-order chi connectivity index (χ1) is 9.24. The Morgan fingerprint density at radius 1 is 1.11 bits per heavy atom. The van der Waals surface area contributed by atoms with Crippen LogP contribution in [0, 0.1) is 6.92 Å². The van der Waals surface area contributed by atoms with Crippen LogP contribution in [0.2, 0.25) is 0 Å². The Kier molecular flexibility index (Phi) is 5.28. The van der Waals surface area contributed by atoms with E-state index in [4.69, 9.17) is 4.74 Å². The number of hydrogen-bond acceptors (Lipinski definition) is 2. The molecule has 0 aliphatic heterocycles. The summed E-state index contributed by atoms with van der Waals surface area (Å²) < 4.78 is 6.75. The van der Waals surface area contributed by atoms with Gasteiger partial charge >= 0.3 is 0 Å². The second-order valence-corrected chi connectivity index (χ2v) is 5.37. The van der Waals surface area contributed by atoms with E-state index in [2.05, 4.69) is 46.4 Å². The molecule has 2 aromatic carbocycles. The van der Waals surface area contributed by atoms with Crippen molar-refractivity contribution in [3.8, 4) is 5.75 Å². The van der Waals surface area contributed by atoms with Crippen LogP contribution in [0.4, 0.5) is 5.69 Å². The minimum absolute atomic E-state index is 0.726. The highest BCUT2D eigenvalue weighted by atomic mass is 79.9. The van der Waals surface area contributed by atoms with Gasteiger partial charge in [0.25, 0.3) is 0 Å². The van der Waals surface area contributed by atoms with Crippen molar-refractivity contribution >= 4 is 21.6 Å². The van der Waals surface area contributed by atoms with E-state index in [1.54, 1.807) is 0 Å². The Labute approximate surface area is 122 Å². The van der Waals surface area contributed by atoms with Gasteiger partial charge in [0.05, 0.1) is 6.61 Å². The average Bonchev–Trinajstić information content (AvgIpc) is 2.38. The minimum Gasteiger partial charge on any atom is -0.494 e. The summed E-state index contributed by atoms with van der Waals surface area (Å²) in [7, 11) is 0. The fourth-order valence-corrected chi connectivity index (χ4v) is 2.46. The molecule has 0 spiro atoms. The molecule has 0 aromatic heterocycles. The Morgan fingerprint density at radius 2 is 1.89 bits per heavy atom. The third kappa shape index (κ3) is 4.95. The van der Waals surface area contributed by atoms with Gasteiger partial charge in [-0.1, -0.05) is 34.1 Å². The molecule has 2 aromatic rings. The minimum atomic E-state index is 0.726. The second kappa shape index (κ2) is 7.19. The maximum atomic E-state index is 5.64. The summed E-state index contributed by atoms with van der Waals surface area (Å²) in [6.07, 6.45) is 0.973. The van der Waals surface area contributed by atoms with E-state index < -0.39 is 0 Å². The summed E-state index contributed by atoms with van der Waals surface area (Å²) in [6, 6.07) is 16.2. The zero-order valence-corrected chi connectivity index (χ0v) is 12.6. The smallest absolute Gasteiger partial charge is 0.119 e. The van der Waals surface area contributed by atoms with E-state index >= 15 is 0 Å². The van der Waals surface area contributed by atoms with Crippen molar-refractivity contribution in [2.45, 2.75) is 13.3 Å². The van der Waals surface area contributed by atoms with Gasteiger partial charge in [0.1, 0.15) is 5.75 Å². The van der Waals surface area contributed by atoms with Crippen LogP contribution in [0.25, 0.3) is 0 Å². The summed E-state index contributed by atoms with van der Waals surface area (Å²) in [6.45, 7) is 3.72. The molecule has 0 heterocycles. The van der Waals surface area contributed by atoms with Crippen molar-refractivity contribution in [3.63, 3.8) is 0 Å². The van der Waals surface area contributed by atoms with Crippen LogP contribution >= 0.6 is 15.9 Å². The molecule has 19 heavy (non-hydrogen) atoms. The van der Waals surface area contributed by atoms with Crippen molar-refractivity contribution in [3.05, 3.63) is 58.6 Å². The Balaban J connectivity index is 1.69. The van der Waals surface area contributed by atoms with Crippen LogP contribution in [-0.2, 0) is 0 Å². The van der Waals surface area contributed by atoms with Crippen molar-refractivity contribution in [1.82, 2.24) is 0 Å². The molecule has 100 valence electrons. The SMILES string of the molecule is Cc1cc(Br)cc(NCCCOc2ccccc2)c1. The number of anilines is 1. The lowest BCUT2D eigenvalue weighted by atomic mass is 10.2. The average molecular weight is 320 g/mol. The predicted molar refractivity (Wildman–Crippen MR) is 83.9 cm³/mol. The van der Waals surface area contributed by atoms with Gasteiger partial charge in [0.15, 0.2) is 0 Å². The topological polar surface area (TPSA) is 21.3 Å². The van der Waals surface area contributed by atoms with E-state index in [1.165, 1.54) is 5.56 Å². The Bertz CT molecular complexity index is 493. The van der Waals surface area contributed by atoms with E-state index in [1.807, 2.05) is 30.3 Å². The van der Waals surface area contributed by atoms with E-state index in [0.29, 0.717) is 0 Å². The number of halogens is 1. The summed E-state index contributed by atoms with van der Waals surface area (Å²) >= 11 is 3.50. The zero-order valence-electron chi connectivity index (χ0n) is 11.0. The second-order valence-electron chi connectivity index (χ2n) is 4.46. The van der Waals surface area contributed by atoms with Crippen LogP contribution < -0.4 is 10.1 Å². The Hall–Kier alpha value is -1.48. The maximum absolute atomic E-state index is 5.64. The first-order valence-electron chi connectivity index (χ1n) is 6.43. The third-order valence-corrected chi connectivity index (χ3v) is 3.16. The molecule has 0 saturated carbocycles. The number of nitrogens with one attached hydrogen (secondary N) is 1. The number of aryl methyl sites for hydroxylation is 1. The maximum Gasteiger partial charge on any atom is 0.119 e. The van der Waals surface area contributed by atoms with Gasteiger partial charge in [-0.15, -0.1) is 0 Å². The van der Waals surface area contributed by atoms with E-state index in [9.17, 15) is 0 Å². The van der Waals surface area contributed by atoms with Gasteiger partial charge < -0.3 is 10.1 Å². The van der Waals surface area contributed by atoms with Gasteiger partial charge in [0, 0.05) is 16.7 Å². The normalized spacial score (nSPS) is 10.2. The largest absolute Gasteiger partial charge is 0.494 e. The number of para-hydroxylation sites is 1. The van der Waals surface area contributed by atoms with Crippen molar-refractivity contribution in [2.24, 2.45) is 0 Å². The molecule has 0 radical (unpaired) electrons. The van der Waals surface area contributed by atoms with Crippen molar-refractivity contribution in [2.75, 3.05) is 18.5 Å². The van der Waals surface area contributed by atoms with Gasteiger partial charge in [-0.2, -0.15) is 0 Å². The lowest BCUT2D eigenvalue weighted by molar-refractivity contribution is 0.315. The fraction of sp³-hybridized carbons (Fsp3) is 0.250. The molecule has 0 unspecified atom stereocenters. The highest BCUT2D eigenvalue weighted by Gasteiger charge is 1.96. The molecule has 2 rings (SSSR count). The van der Waals surface area contributed by atoms with Crippen molar-refractivity contribution in [1.29, 1.82) is 0 Å². The van der Waals surface area contributed by atoms with Gasteiger partial charge in [-0.05, 0) is 49.2 Å². The summed E-state index contributed by atoms with van der Waals surface area (Å²) in [5.74, 6) is 0.931. The Morgan fingerprint density at radius 3 is 2.63 bits per heavy atom. The molecule has 0 atom stereocenters. The molecule has 0 amide bonds. The number of hydrogen-bond donors (Lipinski definition) is 1. The van der Waals surface area contributed by atoms with Crippen LogP contribution in [0.15, 0.2) is 53.0 Å².